The van der Waals surface area contributed by atoms with E-state index in [0.717, 1.165) is 24.3 Å². The lowest BCUT2D eigenvalue weighted by atomic mass is 10.1. The molecule has 2 aromatic carbocycles. The quantitative estimate of drug-likeness (QED) is 0.339. The number of ether oxygens (including phenoxy) is 3. The van der Waals surface area contributed by atoms with Gasteiger partial charge in [-0.3, -0.25) is 14.9 Å². The minimum Gasteiger partial charge on any atom is -0.493 e. The van der Waals surface area contributed by atoms with E-state index in [1.54, 1.807) is 6.92 Å². The van der Waals surface area contributed by atoms with Crippen LogP contribution >= 0.6 is 11.6 Å². The number of benzene rings is 2. The molecule has 0 bridgehead atoms. The van der Waals surface area contributed by atoms with E-state index in [0.29, 0.717) is 6.07 Å². The lowest BCUT2D eigenvalue weighted by Crippen LogP contribution is -2.23. The first kappa shape index (κ1) is 24.7. The number of rotatable bonds is 8. The number of nitro benzene ring substituents is 1. The zero-order valence-corrected chi connectivity index (χ0v) is 17.4. The van der Waals surface area contributed by atoms with E-state index in [2.05, 4.69) is 0 Å². The van der Waals surface area contributed by atoms with Crippen molar-refractivity contribution < 1.29 is 41.9 Å². The zero-order chi connectivity index (χ0) is 24.1. The van der Waals surface area contributed by atoms with Gasteiger partial charge < -0.3 is 19.5 Å². The molecule has 172 valence electrons. The molecule has 0 saturated heterocycles. The minimum absolute atomic E-state index is 0.000243. The summed E-state index contributed by atoms with van der Waals surface area (Å²) in [5.74, 6) is -2.41. The van der Waals surface area contributed by atoms with E-state index in [-0.39, 0.29) is 23.1 Å². The fraction of sp³-hybridized carbons (Fsp3) is 0.263. The van der Waals surface area contributed by atoms with E-state index < -0.39 is 52.1 Å². The van der Waals surface area contributed by atoms with Gasteiger partial charge in [0.2, 0.25) is 0 Å². The number of carbonyl (C=O) groups is 2. The van der Waals surface area contributed by atoms with Crippen LogP contribution in [0, 0.1) is 10.1 Å². The van der Waals surface area contributed by atoms with Crippen molar-refractivity contribution in [2.45, 2.75) is 13.1 Å². The maximum atomic E-state index is 13.1. The van der Waals surface area contributed by atoms with Crippen LogP contribution in [0.15, 0.2) is 30.3 Å². The van der Waals surface area contributed by atoms with Crippen molar-refractivity contribution in [3.63, 3.8) is 0 Å². The zero-order valence-electron chi connectivity index (χ0n) is 16.6. The molecule has 32 heavy (non-hydrogen) atoms. The lowest BCUT2D eigenvalue weighted by molar-refractivity contribution is -0.385. The van der Waals surface area contributed by atoms with Gasteiger partial charge in [-0.25, -0.2) is 4.79 Å². The van der Waals surface area contributed by atoms with Crippen molar-refractivity contribution in [2.75, 3.05) is 25.6 Å². The van der Waals surface area contributed by atoms with Gasteiger partial charge in [0.05, 0.1) is 41.0 Å². The van der Waals surface area contributed by atoms with Gasteiger partial charge in [-0.15, -0.1) is 0 Å². The second-order valence-corrected chi connectivity index (χ2v) is 6.40. The smallest absolute Gasteiger partial charge is 0.418 e. The molecule has 0 aliphatic carbocycles. The number of nitrogens with one attached hydrogen (secondary N) is 1. The summed E-state index contributed by atoms with van der Waals surface area (Å²) in [5.41, 5.74) is -3.13. The molecular formula is C19H16ClF3N2O7. The van der Waals surface area contributed by atoms with Gasteiger partial charge in [0.15, 0.2) is 18.1 Å². The fourth-order valence-electron chi connectivity index (χ4n) is 2.56. The Balaban J connectivity index is 2.22. The molecule has 0 spiro atoms. The van der Waals surface area contributed by atoms with E-state index in [1.807, 2.05) is 5.32 Å². The molecule has 0 atom stereocenters. The normalized spacial score (nSPS) is 10.9. The molecule has 13 heteroatoms. The highest BCUT2D eigenvalue weighted by molar-refractivity contribution is 6.34. The molecule has 1 amide bonds. The molecule has 0 radical (unpaired) electrons. The summed E-state index contributed by atoms with van der Waals surface area (Å²) in [6, 6.07) is 4.86. The third-order valence-electron chi connectivity index (χ3n) is 3.92. The van der Waals surface area contributed by atoms with Gasteiger partial charge in [-0.05, 0) is 19.1 Å². The van der Waals surface area contributed by atoms with E-state index in [4.69, 9.17) is 25.8 Å². The Morgan fingerprint density at radius 3 is 2.47 bits per heavy atom. The second-order valence-electron chi connectivity index (χ2n) is 5.99. The number of amides is 1. The number of hydrogen-bond acceptors (Lipinski definition) is 7. The topological polar surface area (TPSA) is 117 Å². The van der Waals surface area contributed by atoms with Gasteiger partial charge in [-0.1, -0.05) is 17.7 Å². The highest BCUT2D eigenvalue weighted by Crippen LogP contribution is 2.38. The second kappa shape index (κ2) is 10.2. The van der Waals surface area contributed by atoms with E-state index in [1.165, 1.54) is 7.11 Å². The fourth-order valence-corrected chi connectivity index (χ4v) is 2.79. The number of carbonyl (C=O) groups excluding carboxylic acids is 2. The van der Waals surface area contributed by atoms with Crippen LogP contribution in [0.1, 0.15) is 22.8 Å². The van der Waals surface area contributed by atoms with Crippen LogP contribution in [0.25, 0.3) is 0 Å². The summed E-state index contributed by atoms with van der Waals surface area (Å²) in [6.07, 6.45) is -4.80. The molecule has 0 aliphatic rings. The maximum absolute atomic E-state index is 13.1. The number of alkyl halides is 3. The molecule has 0 heterocycles. The van der Waals surface area contributed by atoms with Crippen molar-refractivity contribution in [3.05, 3.63) is 56.6 Å². The number of methoxy groups -OCH3 is 1. The van der Waals surface area contributed by atoms with Crippen molar-refractivity contribution in [1.82, 2.24) is 0 Å². The predicted molar refractivity (Wildman–Crippen MR) is 106 cm³/mol. The largest absolute Gasteiger partial charge is 0.493 e. The Bertz CT molecular complexity index is 1040. The Kier molecular flexibility index (Phi) is 7.87. The molecule has 2 rings (SSSR count). The first-order valence-electron chi connectivity index (χ1n) is 8.81. The lowest BCUT2D eigenvalue weighted by Gasteiger charge is -2.15. The van der Waals surface area contributed by atoms with Crippen LogP contribution in [0.3, 0.4) is 0 Å². The molecule has 9 nitrogen and oxygen atoms in total. The van der Waals surface area contributed by atoms with Crippen molar-refractivity contribution in [3.8, 4) is 11.5 Å². The number of anilines is 1. The summed E-state index contributed by atoms with van der Waals surface area (Å²) in [6.45, 7) is 0.767. The first-order valence-corrected chi connectivity index (χ1v) is 9.19. The average Bonchev–Trinajstić information content (AvgIpc) is 2.72. The number of halogens is 4. The van der Waals surface area contributed by atoms with Crippen molar-refractivity contribution in [1.29, 1.82) is 0 Å². The SMILES string of the molecule is CCOc1cc([N+](=O)[O-])c(C(=O)OCC(=O)Nc2c(Cl)cccc2C(F)(F)F)cc1OC. The number of nitro groups is 1. The van der Waals surface area contributed by atoms with E-state index in [9.17, 15) is 32.9 Å². The number of nitrogens with zero attached hydrogens (tertiary/aromatic N) is 1. The molecule has 1 N–H and O–H groups in total. The van der Waals surface area contributed by atoms with Gasteiger partial charge in [0.1, 0.15) is 5.56 Å². The Labute approximate surface area is 184 Å². The summed E-state index contributed by atoms with van der Waals surface area (Å²) < 4.78 is 54.3. The van der Waals surface area contributed by atoms with Crippen molar-refractivity contribution in [2.24, 2.45) is 0 Å². The standard InChI is InChI=1S/C19H16ClF3N2O7/c1-3-31-15-8-13(25(28)29)10(7-14(15)30-2)18(27)32-9-16(26)24-17-11(19(21,22)23)5-4-6-12(17)20/h4-8H,3,9H2,1-2H3,(H,24,26). The Morgan fingerprint density at radius 1 is 1.22 bits per heavy atom. The summed E-state index contributed by atoms with van der Waals surface area (Å²) in [7, 11) is 1.24. The Morgan fingerprint density at radius 2 is 1.91 bits per heavy atom. The van der Waals surface area contributed by atoms with E-state index >= 15 is 0 Å². The molecule has 0 saturated carbocycles. The highest BCUT2D eigenvalue weighted by Gasteiger charge is 2.35. The first-order chi connectivity index (χ1) is 15.0. The third kappa shape index (κ3) is 5.78. The molecule has 2 aromatic rings. The molecule has 0 aromatic heterocycles. The predicted octanol–water partition coefficient (Wildman–Crippen LogP) is 4.47. The number of hydrogen-bond donors (Lipinski definition) is 1. The number of esters is 1. The van der Waals surface area contributed by atoms with Gasteiger partial charge in [-0.2, -0.15) is 13.2 Å². The highest BCUT2D eigenvalue weighted by atomic mass is 35.5. The molecule has 0 fully saturated rings. The van der Waals surface area contributed by atoms with Crippen LogP contribution in [0.4, 0.5) is 24.5 Å². The van der Waals surface area contributed by atoms with Crippen LogP contribution in [-0.2, 0) is 15.7 Å². The third-order valence-corrected chi connectivity index (χ3v) is 4.23. The molecule has 0 unspecified atom stereocenters. The average molecular weight is 477 g/mol. The van der Waals surface area contributed by atoms with Crippen molar-refractivity contribution >= 4 is 34.9 Å². The van der Waals surface area contributed by atoms with Crippen LogP contribution in [0.2, 0.25) is 5.02 Å². The maximum Gasteiger partial charge on any atom is 0.418 e. The Hall–Kier alpha value is -3.54. The molecular weight excluding hydrogens is 461 g/mol. The van der Waals surface area contributed by atoms with Gasteiger partial charge in [0.25, 0.3) is 11.6 Å². The summed E-state index contributed by atoms with van der Waals surface area (Å²) in [4.78, 5) is 34.9. The van der Waals surface area contributed by atoms with Crippen LogP contribution in [0.5, 0.6) is 11.5 Å². The van der Waals surface area contributed by atoms with Gasteiger partial charge in [0, 0.05) is 6.07 Å². The number of para-hydroxylation sites is 1. The van der Waals surface area contributed by atoms with Crippen LogP contribution in [-0.4, -0.2) is 37.1 Å². The molecule has 0 aliphatic heterocycles. The summed E-state index contributed by atoms with van der Waals surface area (Å²) in [5, 5.41) is 12.9. The minimum atomic E-state index is -4.80. The monoisotopic (exact) mass is 476 g/mol. The van der Waals surface area contributed by atoms with Gasteiger partial charge >= 0.3 is 12.1 Å². The van der Waals surface area contributed by atoms with Crippen LogP contribution < -0.4 is 14.8 Å². The summed E-state index contributed by atoms with van der Waals surface area (Å²) >= 11 is 5.74.